The molecule has 0 bridgehead atoms. The Labute approximate surface area is 137 Å². The minimum Gasteiger partial charge on any atom is -0.325 e. The summed E-state index contributed by atoms with van der Waals surface area (Å²) < 4.78 is 1.20. The molecule has 0 fully saturated rings. The van der Waals surface area contributed by atoms with Gasteiger partial charge in [-0.2, -0.15) is 0 Å². The second kappa shape index (κ2) is 4.70. The summed E-state index contributed by atoms with van der Waals surface area (Å²) >= 11 is 2.33. The molecule has 104 valence electrons. The number of allylic oxidation sites excluding steroid dienone is 1. The number of carbonyl (C=O) groups is 1. The molecule has 2 nitrogen and oxygen atoms in total. The summed E-state index contributed by atoms with van der Waals surface area (Å²) in [6, 6.07) is 12.8. The molecule has 2 aromatic carbocycles. The van der Waals surface area contributed by atoms with Gasteiger partial charge in [-0.3, -0.25) is 4.79 Å². The molecular formula is C18H14INO. The standard InChI is InChI=1S/C18H14INO/c1-10-2-3-11-7-14-15(13(11)6-10)9-18(21)20-17-5-4-12(19)8-16(14)17/h2-6,8H,7,9H2,1H3,(H,20,21). The summed E-state index contributed by atoms with van der Waals surface area (Å²) in [5.41, 5.74) is 8.47. The minimum absolute atomic E-state index is 0.0804. The van der Waals surface area contributed by atoms with Crippen LogP contribution in [-0.4, -0.2) is 5.91 Å². The van der Waals surface area contributed by atoms with E-state index in [-0.39, 0.29) is 5.91 Å². The Hall–Kier alpha value is -1.62. The van der Waals surface area contributed by atoms with Crippen molar-refractivity contribution >= 4 is 45.3 Å². The van der Waals surface area contributed by atoms with E-state index < -0.39 is 0 Å². The first-order chi connectivity index (χ1) is 10.1. The van der Waals surface area contributed by atoms with Crippen molar-refractivity contribution in [2.24, 2.45) is 0 Å². The van der Waals surface area contributed by atoms with Crippen molar-refractivity contribution in [1.29, 1.82) is 0 Å². The lowest BCUT2D eigenvalue weighted by Crippen LogP contribution is -2.11. The van der Waals surface area contributed by atoms with Gasteiger partial charge in [-0.15, -0.1) is 0 Å². The molecule has 0 aromatic heterocycles. The molecule has 0 saturated carbocycles. The SMILES string of the molecule is Cc1ccc2c(c1)C1=C(C2)c2cc(I)ccc2NC(=O)C1. The smallest absolute Gasteiger partial charge is 0.228 e. The molecule has 4 rings (SSSR count). The van der Waals surface area contributed by atoms with Gasteiger partial charge in [0, 0.05) is 14.8 Å². The molecule has 3 heteroatoms. The molecule has 2 aliphatic rings. The maximum absolute atomic E-state index is 12.2. The molecule has 0 radical (unpaired) electrons. The fourth-order valence-corrected chi connectivity index (χ4v) is 3.77. The summed E-state index contributed by atoms with van der Waals surface area (Å²) in [5, 5.41) is 3.04. The van der Waals surface area contributed by atoms with Crippen LogP contribution in [0.1, 0.15) is 28.7 Å². The van der Waals surface area contributed by atoms with E-state index in [1.165, 1.54) is 37.0 Å². The highest BCUT2D eigenvalue weighted by Crippen LogP contribution is 2.44. The number of aryl methyl sites for hydroxylation is 1. The van der Waals surface area contributed by atoms with E-state index in [0.29, 0.717) is 6.42 Å². The van der Waals surface area contributed by atoms with E-state index in [2.05, 4.69) is 59.1 Å². The maximum atomic E-state index is 12.2. The molecule has 1 N–H and O–H groups in total. The zero-order valence-electron chi connectivity index (χ0n) is 11.7. The van der Waals surface area contributed by atoms with Crippen molar-refractivity contribution in [3.05, 3.63) is 62.2 Å². The number of hydrogen-bond donors (Lipinski definition) is 1. The summed E-state index contributed by atoms with van der Waals surface area (Å²) in [5.74, 6) is 0.0804. The first-order valence-corrected chi connectivity index (χ1v) is 8.11. The molecule has 0 unspecified atom stereocenters. The number of carbonyl (C=O) groups excluding carboxylic acids is 1. The van der Waals surface area contributed by atoms with E-state index >= 15 is 0 Å². The second-order valence-electron chi connectivity index (χ2n) is 5.71. The van der Waals surface area contributed by atoms with E-state index in [0.717, 1.165) is 12.1 Å². The predicted octanol–water partition coefficient (Wildman–Crippen LogP) is 4.41. The zero-order valence-corrected chi connectivity index (χ0v) is 13.8. The van der Waals surface area contributed by atoms with Crippen LogP contribution in [0.5, 0.6) is 0 Å². The van der Waals surface area contributed by atoms with Gasteiger partial charge in [0.1, 0.15) is 0 Å². The Morgan fingerprint density at radius 1 is 1.00 bits per heavy atom. The van der Waals surface area contributed by atoms with Gasteiger partial charge in [-0.25, -0.2) is 0 Å². The third-order valence-corrected chi connectivity index (χ3v) is 4.91. The molecule has 1 heterocycles. The van der Waals surface area contributed by atoms with Crippen LogP contribution in [0.2, 0.25) is 0 Å². The highest BCUT2D eigenvalue weighted by molar-refractivity contribution is 14.1. The van der Waals surface area contributed by atoms with Gasteiger partial charge in [0.2, 0.25) is 5.91 Å². The third-order valence-electron chi connectivity index (χ3n) is 4.24. The van der Waals surface area contributed by atoms with E-state index in [9.17, 15) is 4.79 Å². The predicted molar refractivity (Wildman–Crippen MR) is 94.1 cm³/mol. The highest BCUT2D eigenvalue weighted by atomic mass is 127. The van der Waals surface area contributed by atoms with Gasteiger partial charge in [0.25, 0.3) is 0 Å². The van der Waals surface area contributed by atoms with Gasteiger partial charge in [0.15, 0.2) is 0 Å². The lowest BCUT2D eigenvalue weighted by molar-refractivity contribution is -0.115. The molecule has 1 aliphatic heterocycles. The molecule has 2 aromatic rings. The number of nitrogens with one attached hydrogen (secondary N) is 1. The van der Waals surface area contributed by atoms with Crippen molar-refractivity contribution < 1.29 is 4.79 Å². The number of fused-ring (bicyclic) bond motifs is 4. The first-order valence-electron chi connectivity index (χ1n) is 7.03. The highest BCUT2D eigenvalue weighted by Gasteiger charge is 2.28. The molecule has 0 spiro atoms. The number of anilines is 1. The van der Waals surface area contributed by atoms with Gasteiger partial charge in [-0.05, 0) is 76.4 Å². The number of amides is 1. The topological polar surface area (TPSA) is 29.1 Å². The average Bonchev–Trinajstić information content (AvgIpc) is 2.72. The van der Waals surface area contributed by atoms with Crippen molar-refractivity contribution in [2.45, 2.75) is 19.8 Å². The van der Waals surface area contributed by atoms with Gasteiger partial charge in [0.05, 0.1) is 6.42 Å². The largest absolute Gasteiger partial charge is 0.325 e. The van der Waals surface area contributed by atoms with E-state index in [4.69, 9.17) is 0 Å². The molecule has 0 atom stereocenters. The Balaban J connectivity index is 1.97. The summed E-state index contributed by atoms with van der Waals surface area (Å²) in [7, 11) is 0. The molecular weight excluding hydrogens is 373 g/mol. The van der Waals surface area contributed by atoms with Crippen molar-refractivity contribution in [3.63, 3.8) is 0 Å². The average molecular weight is 387 g/mol. The van der Waals surface area contributed by atoms with Crippen LogP contribution in [0.4, 0.5) is 5.69 Å². The van der Waals surface area contributed by atoms with Crippen molar-refractivity contribution in [2.75, 3.05) is 5.32 Å². The van der Waals surface area contributed by atoms with E-state index in [1.54, 1.807) is 0 Å². The lowest BCUT2D eigenvalue weighted by Gasteiger charge is -2.10. The number of halogens is 1. The Kier molecular flexibility index (Phi) is 2.92. The number of rotatable bonds is 0. The van der Waals surface area contributed by atoms with Crippen LogP contribution in [0.25, 0.3) is 11.1 Å². The summed E-state index contributed by atoms with van der Waals surface area (Å²) in [6.45, 7) is 2.10. The Bertz CT molecular complexity index is 820. The van der Waals surface area contributed by atoms with Gasteiger partial charge in [-0.1, -0.05) is 23.8 Å². The molecule has 1 aliphatic carbocycles. The lowest BCUT2D eigenvalue weighted by atomic mass is 9.98. The molecule has 0 saturated heterocycles. The monoisotopic (exact) mass is 387 g/mol. The fraction of sp³-hybridized carbons (Fsp3) is 0.167. The zero-order chi connectivity index (χ0) is 14.6. The summed E-state index contributed by atoms with van der Waals surface area (Å²) in [4.78, 5) is 12.2. The van der Waals surface area contributed by atoms with E-state index in [1.807, 2.05) is 12.1 Å². The van der Waals surface area contributed by atoms with Crippen LogP contribution in [0, 0.1) is 10.5 Å². The van der Waals surface area contributed by atoms with Crippen LogP contribution in [-0.2, 0) is 11.2 Å². The van der Waals surface area contributed by atoms with Crippen LogP contribution in [0.15, 0.2) is 36.4 Å². The quantitative estimate of drug-likeness (QED) is 0.667. The van der Waals surface area contributed by atoms with Crippen molar-refractivity contribution in [1.82, 2.24) is 0 Å². The fourth-order valence-electron chi connectivity index (χ4n) is 3.27. The van der Waals surface area contributed by atoms with Crippen LogP contribution >= 0.6 is 22.6 Å². The number of benzene rings is 2. The number of hydrogen-bond acceptors (Lipinski definition) is 1. The Morgan fingerprint density at radius 2 is 1.81 bits per heavy atom. The second-order valence-corrected chi connectivity index (χ2v) is 6.95. The Morgan fingerprint density at radius 3 is 2.67 bits per heavy atom. The molecule has 1 amide bonds. The van der Waals surface area contributed by atoms with Gasteiger partial charge < -0.3 is 5.32 Å². The van der Waals surface area contributed by atoms with Crippen molar-refractivity contribution in [3.8, 4) is 0 Å². The first kappa shape index (κ1) is 13.1. The summed E-state index contributed by atoms with van der Waals surface area (Å²) in [6.07, 6.45) is 1.39. The maximum Gasteiger partial charge on any atom is 0.228 e. The van der Waals surface area contributed by atoms with Crippen LogP contribution in [0.3, 0.4) is 0 Å². The minimum atomic E-state index is 0.0804. The van der Waals surface area contributed by atoms with Gasteiger partial charge >= 0.3 is 0 Å². The molecule has 21 heavy (non-hydrogen) atoms. The third kappa shape index (κ3) is 2.11. The normalized spacial score (nSPS) is 16.0. The van der Waals surface area contributed by atoms with Crippen LogP contribution < -0.4 is 5.32 Å².